The van der Waals surface area contributed by atoms with Gasteiger partial charge in [-0.25, -0.2) is 4.98 Å². The highest BCUT2D eigenvalue weighted by Gasteiger charge is 2.17. The summed E-state index contributed by atoms with van der Waals surface area (Å²) in [5, 5.41) is 3.59. The van der Waals surface area contributed by atoms with Crippen LogP contribution in [-0.4, -0.2) is 4.98 Å². The first-order valence-corrected chi connectivity index (χ1v) is 7.41. The van der Waals surface area contributed by atoms with E-state index in [1.54, 1.807) is 6.20 Å². The van der Waals surface area contributed by atoms with E-state index >= 15 is 0 Å². The van der Waals surface area contributed by atoms with Gasteiger partial charge in [0.2, 0.25) is 5.89 Å². The van der Waals surface area contributed by atoms with Crippen molar-refractivity contribution in [2.24, 2.45) is 0 Å². The molecule has 1 heterocycles. The quantitative estimate of drug-likeness (QED) is 0.849. The van der Waals surface area contributed by atoms with Gasteiger partial charge in [0.25, 0.3) is 0 Å². The molecule has 3 heteroatoms. The van der Waals surface area contributed by atoms with Gasteiger partial charge in [0.05, 0.1) is 12.2 Å². The third-order valence-corrected chi connectivity index (χ3v) is 3.66. The average molecular weight is 272 g/mol. The first kappa shape index (κ1) is 14.8. The Morgan fingerprint density at radius 3 is 2.40 bits per heavy atom. The zero-order valence-corrected chi connectivity index (χ0v) is 12.8. The molecule has 108 valence electrons. The largest absolute Gasteiger partial charge is 0.444 e. The standard InChI is InChI=1S/C17H24N2O/c1-5-14-7-9-15(10-8-14)16(6-2)19-13(4)17-18-11-12(3)20-17/h7-11,13,16,19H,5-6H2,1-4H3. The van der Waals surface area contributed by atoms with E-state index < -0.39 is 0 Å². The fourth-order valence-corrected chi connectivity index (χ4v) is 2.38. The van der Waals surface area contributed by atoms with E-state index in [1.807, 2.05) is 6.92 Å². The van der Waals surface area contributed by atoms with Crippen LogP contribution >= 0.6 is 0 Å². The predicted octanol–water partition coefficient (Wildman–Crippen LogP) is 4.35. The highest BCUT2D eigenvalue weighted by Crippen LogP contribution is 2.22. The molecule has 0 amide bonds. The van der Waals surface area contributed by atoms with E-state index in [0.29, 0.717) is 6.04 Å². The average Bonchev–Trinajstić information content (AvgIpc) is 2.91. The van der Waals surface area contributed by atoms with E-state index in [0.717, 1.165) is 24.5 Å². The summed E-state index contributed by atoms with van der Waals surface area (Å²) in [6.07, 6.45) is 3.89. The minimum absolute atomic E-state index is 0.111. The molecule has 3 nitrogen and oxygen atoms in total. The number of aromatic nitrogens is 1. The lowest BCUT2D eigenvalue weighted by molar-refractivity contribution is 0.367. The first-order chi connectivity index (χ1) is 9.63. The van der Waals surface area contributed by atoms with E-state index in [1.165, 1.54) is 11.1 Å². The van der Waals surface area contributed by atoms with Crippen molar-refractivity contribution in [2.45, 2.75) is 52.6 Å². The van der Waals surface area contributed by atoms with E-state index in [2.05, 4.69) is 55.3 Å². The van der Waals surface area contributed by atoms with Crippen LogP contribution in [0.2, 0.25) is 0 Å². The molecule has 1 N–H and O–H groups in total. The zero-order chi connectivity index (χ0) is 14.5. The number of rotatable bonds is 6. The lowest BCUT2D eigenvalue weighted by atomic mass is 10.0. The van der Waals surface area contributed by atoms with Gasteiger partial charge in [0, 0.05) is 6.04 Å². The van der Waals surface area contributed by atoms with Crippen molar-refractivity contribution in [3.63, 3.8) is 0 Å². The van der Waals surface area contributed by atoms with Gasteiger partial charge in [-0.1, -0.05) is 38.1 Å². The molecule has 0 radical (unpaired) electrons. The molecule has 0 spiro atoms. The van der Waals surface area contributed by atoms with Gasteiger partial charge in [0.15, 0.2) is 0 Å². The molecule has 0 bridgehead atoms. The topological polar surface area (TPSA) is 38.1 Å². The SMILES string of the molecule is CCc1ccc(C(CC)NC(C)c2ncc(C)o2)cc1. The summed E-state index contributed by atoms with van der Waals surface area (Å²) in [5.41, 5.74) is 2.69. The highest BCUT2D eigenvalue weighted by atomic mass is 16.4. The van der Waals surface area contributed by atoms with Gasteiger partial charge in [-0.3, -0.25) is 5.32 Å². The van der Waals surface area contributed by atoms with E-state index in [4.69, 9.17) is 4.42 Å². The Hall–Kier alpha value is -1.61. The summed E-state index contributed by atoms with van der Waals surface area (Å²) in [6, 6.07) is 9.28. The van der Waals surface area contributed by atoms with Crippen molar-refractivity contribution < 1.29 is 4.42 Å². The van der Waals surface area contributed by atoms with Crippen LogP contribution in [-0.2, 0) is 6.42 Å². The molecule has 1 aromatic carbocycles. The van der Waals surface area contributed by atoms with E-state index in [-0.39, 0.29) is 6.04 Å². The lowest BCUT2D eigenvalue weighted by Crippen LogP contribution is -2.24. The van der Waals surface area contributed by atoms with Crippen LogP contribution < -0.4 is 5.32 Å². The Morgan fingerprint density at radius 1 is 1.20 bits per heavy atom. The van der Waals surface area contributed by atoms with E-state index in [9.17, 15) is 0 Å². The van der Waals surface area contributed by atoms with Crippen LogP contribution in [0.4, 0.5) is 0 Å². The van der Waals surface area contributed by atoms with Crippen LogP contribution in [0.1, 0.15) is 62.1 Å². The molecule has 2 atom stereocenters. The second kappa shape index (κ2) is 6.71. The number of aryl methyl sites for hydroxylation is 2. The lowest BCUT2D eigenvalue weighted by Gasteiger charge is -2.21. The number of nitrogens with zero attached hydrogens (tertiary/aromatic N) is 1. The molecule has 0 saturated heterocycles. The summed E-state index contributed by atoms with van der Waals surface area (Å²) in [5.74, 6) is 1.61. The normalized spacial score (nSPS) is 14.2. The maximum absolute atomic E-state index is 5.59. The molecule has 20 heavy (non-hydrogen) atoms. The first-order valence-electron chi connectivity index (χ1n) is 7.41. The molecule has 2 rings (SSSR count). The molecule has 1 aromatic heterocycles. The number of benzene rings is 1. The Balaban J connectivity index is 2.07. The molecule has 0 aliphatic carbocycles. The summed E-state index contributed by atoms with van der Waals surface area (Å²) in [7, 11) is 0. The van der Waals surface area contributed by atoms with Crippen molar-refractivity contribution >= 4 is 0 Å². The highest BCUT2D eigenvalue weighted by molar-refractivity contribution is 5.25. The van der Waals surface area contributed by atoms with Crippen LogP contribution in [0, 0.1) is 6.92 Å². The Kier molecular flexibility index (Phi) is 4.96. The summed E-state index contributed by atoms with van der Waals surface area (Å²) in [4.78, 5) is 4.29. The van der Waals surface area contributed by atoms with Gasteiger partial charge in [-0.15, -0.1) is 0 Å². The smallest absolute Gasteiger partial charge is 0.211 e. The van der Waals surface area contributed by atoms with Crippen LogP contribution in [0.15, 0.2) is 34.9 Å². The van der Waals surface area contributed by atoms with Crippen molar-refractivity contribution in [3.8, 4) is 0 Å². The molecule has 0 aliphatic heterocycles. The summed E-state index contributed by atoms with van der Waals surface area (Å²) < 4.78 is 5.59. The van der Waals surface area contributed by atoms with Gasteiger partial charge < -0.3 is 4.42 Å². The predicted molar refractivity (Wildman–Crippen MR) is 81.6 cm³/mol. The second-order valence-corrected chi connectivity index (χ2v) is 5.25. The molecular formula is C17H24N2O. The Morgan fingerprint density at radius 2 is 1.90 bits per heavy atom. The second-order valence-electron chi connectivity index (χ2n) is 5.25. The summed E-state index contributed by atoms with van der Waals surface area (Å²) >= 11 is 0. The van der Waals surface area contributed by atoms with Gasteiger partial charge in [0.1, 0.15) is 5.76 Å². The Bertz CT molecular complexity index is 530. The van der Waals surface area contributed by atoms with Gasteiger partial charge in [-0.05, 0) is 37.8 Å². The fourth-order valence-electron chi connectivity index (χ4n) is 2.38. The van der Waals surface area contributed by atoms with Crippen LogP contribution in [0.3, 0.4) is 0 Å². The maximum Gasteiger partial charge on any atom is 0.211 e. The third-order valence-electron chi connectivity index (χ3n) is 3.66. The number of hydrogen-bond acceptors (Lipinski definition) is 3. The zero-order valence-electron chi connectivity index (χ0n) is 12.8. The minimum atomic E-state index is 0.111. The van der Waals surface area contributed by atoms with Crippen LogP contribution in [0.25, 0.3) is 0 Å². The molecule has 0 saturated carbocycles. The monoisotopic (exact) mass is 272 g/mol. The molecular weight excluding hydrogens is 248 g/mol. The van der Waals surface area contributed by atoms with Crippen molar-refractivity contribution in [2.75, 3.05) is 0 Å². The number of hydrogen-bond donors (Lipinski definition) is 1. The fraction of sp³-hybridized carbons (Fsp3) is 0.471. The van der Waals surface area contributed by atoms with Gasteiger partial charge >= 0.3 is 0 Å². The molecule has 2 unspecified atom stereocenters. The third kappa shape index (κ3) is 3.48. The van der Waals surface area contributed by atoms with Crippen molar-refractivity contribution in [1.82, 2.24) is 10.3 Å². The molecule has 0 fully saturated rings. The van der Waals surface area contributed by atoms with Crippen LogP contribution in [0.5, 0.6) is 0 Å². The number of nitrogens with one attached hydrogen (secondary N) is 1. The molecule has 0 aliphatic rings. The number of oxazole rings is 1. The van der Waals surface area contributed by atoms with Crippen molar-refractivity contribution in [3.05, 3.63) is 53.2 Å². The minimum Gasteiger partial charge on any atom is -0.444 e. The molecule has 2 aromatic rings. The summed E-state index contributed by atoms with van der Waals surface area (Å²) in [6.45, 7) is 8.38. The van der Waals surface area contributed by atoms with Gasteiger partial charge in [-0.2, -0.15) is 0 Å². The Labute approximate surface area is 121 Å². The maximum atomic E-state index is 5.59. The van der Waals surface area contributed by atoms with Crippen molar-refractivity contribution in [1.29, 1.82) is 0 Å².